The summed E-state index contributed by atoms with van der Waals surface area (Å²) in [5.41, 5.74) is 4.46. The van der Waals surface area contributed by atoms with Gasteiger partial charge in [0.25, 0.3) is 0 Å². The number of aliphatic hydroxyl groups is 1. The smallest absolute Gasteiger partial charge is 0.0687 e. The molecule has 0 unspecified atom stereocenters. The monoisotopic (exact) mass is 202 g/mol. The van der Waals surface area contributed by atoms with Crippen LogP contribution in [0.25, 0.3) is 12.2 Å². The third-order valence-corrected chi connectivity index (χ3v) is 2.56. The summed E-state index contributed by atoms with van der Waals surface area (Å²) in [5.74, 6) is 0. The predicted octanol–water partition coefficient (Wildman–Crippen LogP) is 3.42. The van der Waals surface area contributed by atoms with E-state index in [2.05, 4.69) is 19.6 Å². The van der Waals surface area contributed by atoms with Gasteiger partial charge in [0.15, 0.2) is 0 Å². The first-order chi connectivity index (χ1) is 7.28. The summed E-state index contributed by atoms with van der Waals surface area (Å²) >= 11 is 0. The van der Waals surface area contributed by atoms with Crippen molar-refractivity contribution in [2.24, 2.45) is 0 Å². The van der Waals surface area contributed by atoms with Gasteiger partial charge in [0, 0.05) is 0 Å². The van der Waals surface area contributed by atoms with Gasteiger partial charge >= 0.3 is 0 Å². The lowest BCUT2D eigenvalue weighted by atomic mass is 9.94. The van der Waals surface area contributed by atoms with E-state index in [1.807, 2.05) is 31.2 Å². The Morgan fingerprint density at radius 3 is 2.40 bits per heavy atom. The summed E-state index contributed by atoms with van der Waals surface area (Å²) in [5, 5.41) is 9.26. The van der Waals surface area contributed by atoms with Gasteiger partial charge in [0.2, 0.25) is 0 Å². The average molecular weight is 202 g/mol. The van der Waals surface area contributed by atoms with Gasteiger partial charge in [-0.3, -0.25) is 0 Å². The van der Waals surface area contributed by atoms with Gasteiger partial charge in [0.1, 0.15) is 0 Å². The molecule has 0 bridgehead atoms. The van der Waals surface area contributed by atoms with Gasteiger partial charge in [-0.1, -0.05) is 43.9 Å². The van der Waals surface area contributed by atoms with E-state index in [0.29, 0.717) is 0 Å². The summed E-state index contributed by atoms with van der Waals surface area (Å²) in [4.78, 5) is 0. The number of hydrogen-bond donors (Lipinski definition) is 1. The molecule has 0 saturated heterocycles. The molecule has 0 amide bonds. The number of allylic oxidation sites excluding steroid dienone is 1. The zero-order valence-electron chi connectivity index (χ0n) is 9.46. The van der Waals surface area contributed by atoms with Gasteiger partial charge in [-0.25, -0.2) is 0 Å². The van der Waals surface area contributed by atoms with Crippen molar-refractivity contribution >= 4 is 12.2 Å². The molecule has 0 atom stereocenters. The molecule has 0 spiro atoms. The highest BCUT2D eigenvalue weighted by molar-refractivity contribution is 5.69. The van der Waals surface area contributed by atoms with Gasteiger partial charge in [0.05, 0.1) is 6.61 Å². The third-order valence-electron chi connectivity index (χ3n) is 2.56. The van der Waals surface area contributed by atoms with E-state index in [4.69, 9.17) is 0 Å². The summed E-state index contributed by atoms with van der Waals surface area (Å²) in [7, 11) is 0. The highest BCUT2D eigenvalue weighted by atomic mass is 16.3. The SMILES string of the molecule is C=Cc1c(CC)ccc(CO)c1/C=C\C. The predicted molar refractivity (Wildman–Crippen MR) is 66.5 cm³/mol. The number of hydrogen-bond acceptors (Lipinski definition) is 1. The maximum Gasteiger partial charge on any atom is 0.0687 e. The molecule has 0 aromatic heterocycles. The van der Waals surface area contributed by atoms with Crippen LogP contribution < -0.4 is 0 Å². The number of aryl methyl sites for hydroxylation is 1. The van der Waals surface area contributed by atoms with E-state index in [1.165, 1.54) is 5.56 Å². The topological polar surface area (TPSA) is 20.2 Å². The van der Waals surface area contributed by atoms with E-state index in [9.17, 15) is 5.11 Å². The lowest BCUT2D eigenvalue weighted by Crippen LogP contribution is -1.96. The second-order valence-corrected chi connectivity index (χ2v) is 3.43. The standard InChI is InChI=1S/C14H18O/c1-4-7-14-12(10-15)9-8-11(5-2)13(14)6-3/h4,6-9,15H,3,5,10H2,1-2H3/b7-4-. The Labute approximate surface area is 91.8 Å². The van der Waals surface area contributed by atoms with Crippen molar-refractivity contribution in [1.29, 1.82) is 0 Å². The minimum Gasteiger partial charge on any atom is -0.392 e. The molecule has 1 heteroatoms. The Morgan fingerprint density at radius 1 is 1.27 bits per heavy atom. The van der Waals surface area contributed by atoms with Crippen molar-refractivity contribution in [3.8, 4) is 0 Å². The number of benzene rings is 1. The van der Waals surface area contributed by atoms with E-state index in [1.54, 1.807) is 0 Å². The second kappa shape index (κ2) is 5.52. The fourth-order valence-corrected chi connectivity index (χ4v) is 1.78. The maximum atomic E-state index is 9.26. The van der Waals surface area contributed by atoms with Crippen LogP contribution in [0.1, 0.15) is 36.1 Å². The first-order valence-corrected chi connectivity index (χ1v) is 5.29. The van der Waals surface area contributed by atoms with Crippen LogP contribution in [0, 0.1) is 0 Å². The van der Waals surface area contributed by atoms with E-state index in [-0.39, 0.29) is 6.61 Å². The minimum atomic E-state index is 0.0739. The molecule has 15 heavy (non-hydrogen) atoms. The molecular formula is C14H18O. The highest BCUT2D eigenvalue weighted by Gasteiger charge is 2.06. The molecule has 1 aromatic rings. The zero-order valence-corrected chi connectivity index (χ0v) is 9.46. The average Bonchev–Trinajstić information content (AvgIpc) is 2.28. The lowest BCUT2D eigenvalue weighted by Gasteiger charge is -2.11. The normalized spacial score (nSPS) is 10.9. The molecule has 0 fully saturated rings. The Hall–Kier alpha value is -1.34. The molecule has 0 radical (unpaired) electrons. The van der Waals surface area contributed by atoms with Crippen LogP contribution in [-0.4, -0.2) is 5.11 Å². The van der Waals surface area contributed by atoms with Crippen molar-refractivity contribution in [2.75, 3.05) is 0 Å². The molecule has 0 saturated carbocycles. The van der Waals surface area contributed by atoms with E-state index < -0.39 is 0 Å². The Bertz CT molecular complexity index is 375. The van der Waals surface area contributed by atoms with Crippen LogP contribution >= 0.6 is 0 Å². The quantitative estimate of drug-likeness (QED) is 0.793. The highest BCUT2D eigenvalue weighted by Crippen LogP contribution is 2.23. The van der Waals surface area contributed by atoms with Gasteiger partial charge in [-0.05, 0) is 35.6 Å². The largest absolute Gasteiger partial charge is 0.392 e. The third kappa shape index (κ3) is 2.37. The van der Waals surface area contributed by atoms with E-state index in [0.717, 1.165) is 23.1 Å². The van der Waals surface area contributed by atoms with Crippen molar-refractivity contribution in [1.82, 2.24) is 0 Å². The first kappa shape index (κ1) is 11.7. The molecular weight excluding hydrogens is 184 g/mol. The van der Waals surface area contributed by atoms with Gasteiger partial charge in [-0.15, -0.1) is 0 Å². The van der Waals surface area contributed by atoms with Crippen LogP contribution in [0.3, 0.4) is 0 Å². The zero-order chi connectivity index (χ0) is 11.3. The molecule has 0 aliphatic carbocycles. The molecule has 1 N–H and O–H groups in total. The van der Waals surface area contributed by atoms with Crippen LogP contribution in [0.5, 0.6) is 0 Å². The molecule has 0 aliphatic rings. The Balaban J connectivity index is 3.43. The maximum absolute atomic E-state index is 9.26. The lowest BCUT2D eigenvalue weighted by molar-refractivity contribution is 0.281. The van der Waals surface area contributed by atoms with Crippen LogP contribution in [0.2, 0.25) is 0 Å². The van der Waals surface area contributed by atoms with Crippen molar-refractivity contribution in [2.45, 2.75) is 26.9 Å². The number of aliphatic hydroxyl groups excluding tert-OH is 1. The summed E-state index contributed by atoms with van der Waals surface area (Å²) < 4.78 is 0. The molecule has 0 aliphatic heterocycles. The summed E-state index contributed by atoms with van der Waals surface area (Å²) in [6, 6.07) is 4.05. The Morgan fingerprint density at radius 2 is 1.93 bits per heavy atom. The fraction of sp³-hybridized carbons (Fsp3) is 0.286. The molecule has 80 valence electrons. The summed E-state index contributed by atoms with van der Waals surface area (Å²) in [6.45, 7) is 8.02. The number of rotatable bonds is 4. The van der Waals surface area contributed by atoms with Crippen molar-refractivity contribution in [3.63, 3.8) is 0 Å². The molecule has 1 nitrogen and oxygen atoms in total. The molecule has 1 rings (SSSR count). The Kier molecular flexibility index (Phi) is 4.32. The minimum absolute atomic E-state index is 0.0739. The second-order valence-electron chi connectivity index (χ2n) is 3.43. The van der Waals surface area contributed by atoms with Crippen molar-refractivity contribution in [3.05, 3.63) is 47.0 Å². The fourth-order valence-electron chi connectivity index (χ4n) is 1.78. The summed E-state index contributed by atoms with van der Waals surface area (Å²) in [6.07, 6.45) is 6.87. The van der Waals surface area contributed by atoms with Crippen LogP contribution in [0.15, 0.2) is 24.8 Å². The van der Waals surface area contributed by atoms with Gasteiger partial charge < -0.3 is 5.11 Å². The molecule has 0 heterocycles. The molecule has 1 aromatic carbocycles. The van der Waals surface area contributed by atoms with E-state index >= 15 is 0 Å². The van der Waals surface area contributed by atoms with Crippen molar-refractivity contribution < 1.29 is 5.11 Å². The van der Waals surface area contributed by atoms with Crippen LogP contribution in [-0.2, 0) is 13.0 Å². The van der Waals surface area contributed by atoms with Crippen LogP contribution in [0.4, 0.5) is 0 Å². The van der Waals surface area contributed by atoms with Gasteiger partial charge in [-0.2, -0.15) is 0 Å². The first-order valence-electron chi connectivity index (χ1n) is 5.29.